The van der Waals surface area contributed by atoms with Crippen molar-refractivity contribution < 1.29 is 13.3 Å². The molecule has 7 nitrogen and oxygen atoms in total. The van der Waals surface area contributed by atoms with Gasteiger partial charge in [-0.05, 0) is 37.8 Å². The lowest BCUT2D eigenvalue weighted by atomic mass is 10.2. The Morgan fingerprint density at radius 2 is 2.17 bits per heavy atom. The Kier molecular flexibility index (Phi) is 6.47. The fourth-order valence-electron chi connectivity index (χ4n) is 2.90. The maximum absolute atomic E-state index is 11.9. The number of anilines is 1. The molecule has 0 saturated carbocycles. The van der Waals surface area contributed by atoms with Gasteiger partial charge in [0.05, 0.1) is 9.82 Å². The molecule has 1 saturated heterocycles. The molecule has 1 aliphatic rings. The van der Waals surface area contributed by atoms with Gasteiger partial charge in [-0.2, -0.15) is 11.8 Å². The molecule has 0 spiro atoms. The minimum atomic E-state index is -3.71. The van der Waals surface area contributed by atoms with E-state index in [0.717, 1.165) is 44.2 Å². The number of nitrogens with one attached hydrogen (secondary N) is 1. The highest BCUT2D eigenvalue weighted by Gasteiger charge is 2.26. The number of hydrogen-bond acceptors (Lipinski definition) is 6. The maximum Gasteiger partial charge on any atom is 0.293 e. The Hall–Kier alpha value is -1.32. The molecule has 1 unspecified atom stereocenters. The van der Waals surface area contributed by atoms with Crippen LogP contribution >= 0.6 is 11.8 Å². The van der Waals surface area contributed by atoms with E-state index in [0.29, 0.717) is 10.9 Å². The number of benzene rings is 1. The van der Waals surface area contributed by atoms with E-state index in [1.807, 2.05) is 16.7 Å². The standard InChI is InChI=1S/C15H23N3O4S2/c1-3-23-12-6-4-5-9-17(11-12)14-8-7-13(24(21,22)16-2)10-15(14)18(19)20/h7-8,10,12,16H,3-6,9,11H2,1-2H3. The molecule has 134 valence electrons. The van der Waals surface area contributed by atoms with Crippen molar-refractivity contribution in [1.29, 1.82) is 0 Å². The molecule has 24 heavy (non-hydrogen) atoms. The third-order valence-corrected chi connectivity index (χ3v) is 6.70. The maximum atomic E-state index is 11.9. The molecule has 1 atom stereocenters. The first-order valence-electron chi connectivity index (χ1n) is 7.97. The molecule has 9 heteroatoms. The van der Waals surface area contributed by atoms with Crippen LogP contribution in [0, 0.1) is 10.1 Å². The molecule has 0 amide bonds. The fraction of sp³-hybridized carbons (Fsp3) is 0.600. The van der Waals surface area contributed by atoms with Gasteiger partial charge in [0.15, 0.2) is 0 Å². The van der Waals surface area contributed by atoms with Crippen LogP contribution in [0.3, 0.4) is 0 Å². The summed E-state index contributed by atoms with van der Waals surface area (Å²) in [6, 6.07) is 4.14. The van der Waals surface area contributed by atoms with Crippen LogP contribution in [-0.4, -0.2) is 44.5 Å². The summed E-state index contributed by atoms with van der Waals surface area (Å²) in [6.07, 6.45) is 3.19. The van der Waals surface area contributed by atoms with E-state index in [2.05, 4.69) is 11.6 Å². The molecular weight excluding hydrogens is 350 g/mol. The zero-order valence-electron chi connectivity index (χ0n) is 13.9. The monoisotopic (exact) mass is 373 g/mol. The van der Waals surface area contributed by atoms with Gasteiger partial charge in [0, 0.05) is 24.4 Å². The highest BCUT2D eigenvalue weighted by Crippen LogP contribution is 2.33. The van der Waals surface area contributed by atoms with Crippen molar-refractivity contribution in [2.24, 2.45) is 0 Å². The molecule has 0 radical (unpaired) electrons. The Labute approximate surface area is 147 Å². The lowest BCUT2D eigenvalue weighted by Gasteiger charge is -2.26. The molecule has 1 fully saturated rings. The highest BCUT2D eigenvalue weighted by molar-refractivity contribution is 7.99. The third kappa shape index (κ3) is 4.40. The number of nitro groups is 1. The molecule has 1 aliphatic heterocycles. The average Bonchev–Trinajstić information content (AvgIpc) is 2.80. The second-order valence-electron chi connectivity index (χ2n) is 5.63. The van der Waals surface area contributed by atoms with E-state index < -0.39 is 14.9 Å². The van der Waals surface area contributed by atoms with Crippen LogP contribution < -0.4 is 9.62 Å². The van der Waals surface area contributed by atoms with Gasteiger partial charge in [0.1, 0.15) is 5.69 Å². The summed E-state index contributed by atoms with van der Waals surface area (Å²) in [6.45, 7) is 3.61. The van der Waals surface area contributed by atoms with Gasteiger partial charge >= 0.3 is 0 Å². The Bertz CT molecular complexity index is 694. The molecule has 1 aromatic carbocycles. The van der Waals surface area contributed by atoms with Gasteiger partial charge in [0.2, 0.25) is 10.0 Å². The highest BCUT2D eigenvalue weighted by atomic mass is 32.2. The van der Waals surface area contributed by atoms with Gasteiger partial charge in [0.25, 0.3) is 5.69 Å². The molecule has 0 bridgehead atoms. The summed E-state index contributed by atoms with van der Waals surface area (Å²) < 4.78 is 26.0. The molecule has 1 aromatic rings. The van der Waals surface area contributed by atoms with Gasteiger partial charge < -0.3 is 4.90 Å². The minimum absolute atomic E-state index is 0.0882. The molecule has 0 aliphatic carbocycles. The molecule has 2 rings (SSSR count). The van der Waals surface area contributed by atoms with Crippen LogP contribution in [-0.2, 0) is 10.0 Å². The van der Waals surface area contributed by atoms with E-state index >= 15 is 0 Å². The summed E-state index contributed by atoms with van der Waals surface area (Å²) in [4.78, 5) is 12.9. The van der Waals surface area contributed by atoms with Crippen molar-refractivity contribution in [2.45, 2.75) is 36.3 Å². The Morgan fingerprint density at radius 1 is 1.42 bits per heavy atom. The van der Waals surface area contributed by atoms with Crippen LogP contribution in [0.4, 0.5) is 11.4 Å². The summed E-state index contributed by atoms with van der Waals surface area (Å²) in [5.41, 5.74) is 0.340. The van der Waals surface area contributed by atoms with Crippen molar-refractivity contribution in [2.75, 3.05) is 30.8 Å². The van der Waals surface area contributed by atoms with Crippen LogP contribution in [0.15, 0.2) is 23.1 Å². The first-order valence-corrected chi connectivity index (χ1v) is 10.5. The fourth-order valence-corrected chi connectivity index (χ4v) is 4.74. The van der Waals surface area contributed by atoms with Crippen molar-refractivity contribution in [3.63, 3.8) is 0 Å². The Morgan fingerprint density at radius 3 is 2.79 bits per heavy atom. The van der Waals surface area contributed by atoms with Crippen molar-refractivity contribution in [1.82, 2.24) is 4.72 Å². The van der Waals surface area contributed by atoms with Crippen molar-refractivity contribution in [3.8, 4) is 0 Å². The zero-order valence-corrected chi connectivity index (χ0v) is 15.5. The first kappa shape index (κ1) is 19.0. The molecular formula is C15H23N3O4S2. The van der Waals surface area contributed by atoms with E-state index in [1.165, 1.54) is 13.1 Å². The predicted octanol–water partition coefficient (Wildman–Crippen LogP) is 2.61. The van der Waals surface area contributed by atoms with Crippen molar-refractivity contribution in [3.05, 3.63) is 28.3 Å². The summed E-state index contributed by atoms with van der Waals surface area (Å²) in [5.74, 6) is 1.01. The normalized spacial score (nSPS) is 19.1. The minimum Gasteiger partial charge on any atom is -0.365 e. The van der Waals surface area contributed by atoms with E-state index in [4.69, 9.17) is 0 Å². The Balaban J connectivity index is 2.39. The third-order valence-electron chi connectivity index (χ3n) is 4.09. The second-order valence-corrected chi connectivity index (χ2v) is 9.10. The summed E-state index contributed by atoms with van der Waals surface area (Å²) >= 11 is 1.87. The van der Waals surface area contributed by atoms with Crippen LogP contribution in [0.1, 0.15) is 26.2 Å². The quantitative estimate of drug-likeness (QED) is 0.609. The number of hydrogen-bond donors (Lipinski definition) is 1. The SMILES string of the molecule is CCSC1CCCCN(c2ccc(S(=O)(=O)NC)cc2[N+](=O)[O-])C1. The van der Waals surface area contributed by atoms with E-state index in [9.17, 15) is 18.5 Å². The lowest BCUT2D eigenvalue weighted by Crippen LogP contribution is -2.30. The molecule has 1 N–H and O–H groups in total. The van der Waals surface area contributed by atoms with Crippen LogP contribution in [0.5, 0.6) is 0 Å². The van der Waals surface area contributed by atoms with E-state index in [-0.39, 0.29) is 10.6 Å². The number of nitro benzene ring substituents is 1. The number of thioether (sulfide) groups is 1. The van der Waals surface area contributed by atoms with Crippen molar-refractivity contribution >= 4 is 33.2 Å². The summed E-state index contributed by atoms with van der Waals surface area (Å²) in [5, 5.41) is 11.9. The van der Waals surface area contributed by atoms with Crippen LogP contribution in [0.25, 0.3) is 0 Å². The molecule has 1 heterocycles. The van der Waals surface area contributed by atoms with E-state index in [1.54, 1.807) is 6.07 Å². The van der Waals surface area contributed by atoms with Gasteiger partial charge in [-0.3, -0.25) is 10.1 Å². The van der Waals surface area contributed by atoms with Gasteiger partial charge in [-0.15, -0.1) is 0 Å². The number of rotatable bonds is 6. The largest absolute Gasteiger partial charge is 0.365 e. The van der Waals surface area contributed by atoms with Gasteiger partial charge in [-0.1, -0.05) is 13.3 Å². The summed E-state index contributed by atoms with van der Waals surface area (Å²) in [7, 11) is -2.42. The topological polar surface area (TPSA) is 92.6 Å². The van der Waals surface area contributed by atoms with Gasteiger partial charge in [-0.25, -0.2) is 13.1 Å². The number of nitrogens with zero attached hydrogens (tertiary/aromatic N) is 2. The second kappa shape index (κ2) is 8.17. The first-order chi connectivity index (χ1) is 11.4. The average molecular weight is 374 g/mol. The number of sulfonamides is 1. The lowest BCUT2D eigenvalue weighted by molar-refractivity contribution is -0.384. The smallest absolute Gasteiger partial charge is 0.293 e. The molecule has 0 aromatic heterocycles. The predicted molar refractivity (Wildman–Crippen MR) is 97.3 cm³/mol. The zero-order chi connectivity index (χ0) is 17.7. The van der Waals surface area contributed by atoms with Crippen LogP contribution in [0.2, 0.25) is 0 Å².